The number of hydrogen-bond donors (Lipinski definition) is 0. The second-order valence-corrected chi connectivity index (χ2v) is 3.74. The summed E-state index contributed by atoms with van der Waals surface area (Å²) in [5.41, 5.74) is 3.21. The van der Waals surface area contributed by atoms with Crippen LogP contribution in [0.15, 0.2) is 11.1 Å². The summed E-state index contributed by atoms with van der Waals surface area (Å²) in [4.78, 5) is 12.4. The van der Waals surface area contributed by atoms with Crippen LogP contribution in [0.3, 0.4) is 0 Å². The average Bonchev–Trinajstić information content (AvgIpc) is 2.17. The van der Waals surface area contributed by atoms with Gasteiger partial charge in [0.2, 0.25) is 6.41 Å². The van der Waals surface area contributed by atoms with Crippen LogP contribution in [0.4, 0.5) is 0 Å². The van der Waals surface area contributed by atoms with Gasteiger partial charge >= 0.3 is 0 Å². The molecular formula is C10H15NO. The molecule has 0 atom stereocenters. The zero-order valence-corrected chi connectivity index (χ0v) is 7.38. The van der Waals surface area contributed by atoms with Gasteiger partial charge in [-0.05, 0) is 32.1 Å². The molecule has 0 unspecified atom stereocenters. The highest BCUT2D eigenvalue weighted by atomic mass is 16.1. The van der Waals surface area contributed by atoms with Gasteiger partial charge in [0.05, 0.1) is 0 Å². The standard InChI is InChI=1S/C10H15NO/c12-8-11-6-5-9-3-1-2-4-10(9)7-11/h8H,1-7H2. The van der Waals surface area contributed by atoms with Gasteiger partial charge in [0.15, 0.2) is 0 Å². The lowest BCUT2D eigenvalue weighted by atomic mass is 9.87. The van der Waals surface area contributed by atoms with Gasteiger partial charge in [0.25, 0.3) is 0 Å². The lowest BCUT2D eigenvalue weighted by Gasteiger charge is -2.30. The van der Waals surface area contributed by atoms with Crippen molar-refractivity contribution < 1.29 is 4.79 Å². The van der Waals surface area contributed by atoms with Crippen molar-refractivity contribution >= 4 is 6.41 Å². The first-order valence-electron chi connectivity index (χ1n) is 4.79. The summed E-state index contributed by atoms with van der Waals surface area (Å²) in [6.07, 6.45) is 7.33. The van der Waals surface area contributed by atoms with Crippen LogP contribution in [-0.4, -0.2) is 24.4 Å². The van der Waals surface area contributed by atoms with Gasteiger partial charge in [-0.3, -0.25) is 4.79 Å². The first kappa shape index (κ1) is 7.84. The minimum absolute atomic E-state index is 0.916. The van der Waals surface area contributed by atoms with E-state index in [0.29, 0.717) is 0 Å². The Bertz CT molecular complexity index is 220. The molecule has 2 nitrogen and oxygen atoms in total. The van der Waals surface area contributed by atoms with Crippen molar-refractivity contribution in [1.29, 1.82) is 0 Å². The fourth-order valence-corrected chi connectivity index (χ4v) is 2.22. The fourth-order valence-electron chi connectivity index (χ4n) is 2.22. The van der Waals surface area contributed by atoms with Gasteiger partial charge in [-0.1, -0.05) is 11.1 Å². The highest BCUT2D eigenvalue weighted by Gasteiger charge is 2.19. The van der Waals surface area contributed by atoms with Crippen molar-refractivity contribution in [2.24, 2.45) is 0 Å². The zero-order chi connectivity index (χ0) is 8.39. The highest BCUT2D eigenvalue weighted by Crippen LogP contribution is 2.30. The topological polar surface area (TPSA) is 20.3 Å². The molecule has 0 saturated heterocycles. The van der Waals surface area contributed by atoms with Crippen LogP contribution in [0, 0.1) is 0 Å². The molecule has 2 heteroatoms. The van der Waals surface area contributed by atoms with E-state index in [4.69, 9.17) is 0 Å². The van der Waals surface area contributed by atoms with Crippen molar-refractivity contribution in [3.8, 4) is 0 Å². The second kappa shape index (κ2) is 3.30. The quantitative estimate of drug-likeness (QED) is 0.428. The first-order chi connectivity index (χ1) is 5.90. The molecule has 0 saturated carbocycles. The predicted octanol–water partition coefficient (Wildman–Crippen LogP) is 1.72. The van der Waals surface area contributed by atoms with Crippen molar-refractivity contribution in [3.63, 3.8) is 0 Å². The second-order valence-electron chi connectivity index (χ2n) is 3.74. The van der Waals surface area contributed by atoms with E-state index in [9.17, 15) is 4.79 Å². The molecule has 0 aromatic rings. The third-order valence-electron chi connectivity index (χ3n) is 2.95. The fraction of sp³-hybridized carbons (Fsp3) is 0.700. The van der Waals surface area contributed by atoms with Crippen LogP contribution in [0.25, 0.3) is 0 Å². The van der Waals surface area contributed by atoms with Gasteiger partial charge in [-0.2, -0.15) is 0 Å². The van der Waals surface area contributed by atoms with Gasteiger partial charge in [0.1, 0.15) is 0 Å². The Morgan fingerprint density at radius 1 is 1.08 bits per heavy atom. The van der Waals surface area contributed by atoms with Gasteiger partial charge < -0.3 is 4.90 Å². The van der Waals surface area contributed by atoms with E-state index < -0.39 is 0 Å². The molecule has 1 aliphatic carbocycles. The molecule has 2 rings (SSSR count). The van der Waals surface area contributed by atoms with Crippen LogP contribution in [0.1, 0.15) is 32.1 Å². The summed E-state index contributed by atoms with van der Waals surface area (Å²) in [5.74, 6) is 0. The number of carbonyl (C=O) groups is 1. The largest absolute Gasteiger partial charge is 0.341 e. The third-order valence-corrected chi connectivity index (χ3v) is 2.95. The van der Waals surface area contributed by atoms with Crippen molar-refractivity contribution in [1.82, 2.24) is 4.90 Å². The Morgan fingerprint density at radius 2 is 1.83 bits per heavy atom. The monoisotopic (exact) mass is 165 g/mol. The van der Waals surface area contributed by atoms with E-state index in [1.807, 2.05) is 4.90 Å². The highest BCUT2D eigenvalue weighted by molar-refractivity contribution is 5.49. The molecule has 0 N–H and O–H groups in total. The van der Waals surface area contributed by atoms with Crippen molar-refractivity contribution in [3.05, 3.63) is 11.1 Å². The smallest absolute Gasteiger partial charge is 0.210 e. The van der Waals surface area contributed by atoms with E-state index in [1.165, 1.54) is 25.7 Å². The summed E-state index contributed by atoms with van der Waals surface area (Å²) < 4.78 is 0. The van der Waals surface area contributed by atoms with Gasteiger partial charge in [-0.25, -0.2) is 0 Å². The third kappa shape index (κ3) is 1.38. The van der Waals surface area contributed by atoms with Crippen molar-refractivity contribution in [2.45, 2.75) is 32.1 Å². The Hall–Kier alpha value is -0.790. The molecule has 0 spiro atoms. The summed E-state index contributed by atoms with van der Waals surface area (Å²) in [5, 5.41) is 0. The van der Waals surface area contributed by atoms with Crippen molar-refractivity contribution in [2.75, 3.05) is 13.1 Å². The first-order valence-corrected chi connectivity index (χ1v) is 4.79. The molecule has 0 bridgehead atoms. The number of amides is 1. The summed E-state index contributed by atoms with van der Waals surface area (Å²) in [7, 11) is 0. The number of rotatable bonds is 1. The molecule has 1 amide bonds. The lowest BCUT2D eigenvalue weighted by Crippen LogP contribution is -2.31. The molecule has 0 fully saturated rings. The van der Waals surface area contributed by atoms with Crippen LogP contribution in [0.5, 0.6) is 0 Å². The number of hydrogen-bond acceptors (Lipinski definition) is 1. The lowest BCUT2D eigenvalue weighted by molar-refractivity contribution is -0.118. The molecule has 1 heterocycles. The van der Waals surface area contributed by atoms with E-state index in [1.54, 1.807) is 11.1 Å². The van der Waals surface area contributed by atoms with E-state index in [2.05, 4.69) is 0 Å². The molecule has 0 aromatic heterocycles. The minimum Gasteiger partial charge on any atom is -0.341 e. The molecule has 0 aromatic carbocycles. The Labute approximate surface area is 73.2 Å². The van der Waals surface area contributed by atoms with Crippen LogP contribution < -0.4 is 0 Å². The summed E-state index contributed by atoms with van der Waals surface area (Å²) in [6.45, 7) is 1.86. The minimum atomic E-state index is 0.916. The molecule has 12 heavy (non-hydrogen) atoms. The summed E-state index contributed by atoms with van der Waals surface area (Å²) >= 11 is 0. The Kier molecular flexibility index (Phi) is 2.15. The van der Waals surface area contributed by atoms with Crippen LogP contribution in [0.2, 0.25) is 0 Å². The number of nitrogens with zero attached hydrogens (tertiary/aromatic N) is 1. The van der Waals surface area contributed by atoms with E-state index >= 15 is 0 Å². The maximum absolute atomic E-state index is 10.5. The van der Waals surface area contributed by atoms with Gasteiger partial charge in [-0.15, -0.1) is 0 Å². The van der Waals surface area contributed by atoms with Crippen LogP contribution in [-0.2, 0) is 4.79 Å². The average molecular weight is 165 g/mol. The van der Waals surface area contributed by atoms with E-state index in [0.717, 1.165) is 25.9 Å². The normalized spacial score (nSPS) is 23.8. The Balaban J connectivity index is 2.10. The molecule has 66 valence electrons. The summed E-state index contributed by atoms with van der Waals surface area (Å²) in [6, 6.07) is 0. The van der Waals surface area contributed by atoms with Crippen LogP contribution >= 0.6 is 0 Å². The maximum atomic E-state index is 10.5. The predicted molar refractivity (Wildman–Crippen MR) is 47.7 cm³/mol. The molecule has 1 aliphatic heterocycles. The molecule has 2 aliphatic rings. The molecule has 0 radical (unpaired) electrons. The Morgan fingerprint density at radius 3 is 2.58 bits per heavy atom. The number of carbonyl (C=O) groups excluding carboxylic acids is 1. The molecular weight excluding hydrogens is 150 g/mol. The maximum Gasteiger partial charge on any atom is 0.210 e. The van der Waals surface area contributed by atoms with E-state index in [-0.39, 0.29) is 0 Å². The SMILES string of the molecule is O=CN1CCC2=C(CCCC2)C1. The zero-order valence-electron chi connectivity index (χ0n) is 7.38. The van der Waals surface area contributed by atoms with Gasteiger partial charge in [0, 0.05) is 13.1 Å².